The molecule has 0 aliphatic heterocycles. The quantitative estimate of drug-likeness (QED) is 0.496. The van der Waals surface area contributed by atoms with E-state index < -0.39 is 30.0 Å². The molecule has 0 aromatic heterocycles. The van der Waals surface area contributed by atoms with E-state index >= 15 is 0 Å². The van der Waals surface area contributed by atoms with Gasteiger partial charge in [0.15, 0.2) is 0 Å². The molecule has 0 bridgehead atoms. The van der Waals surface area contributed by atoms with E-state index in [1.54, 1.807) is 0 Å². The van der Waals surface area contributed by atoms with E-state index in [0.29, 0.717) is 12.8 Å². The zero-order valence-electron chi connectivity index (χ0n) is 10.0. The Balaban J connectivity index is 4.29. The highest BCUT2D eigenvalue weighted by Crippen LogP contribution is 2.01. The van der Waals surface area contributed by atoms with Crippen molar-refractivity contribution in [1.29, 1.82) is 0 Å². The molecule has 0 aromatic rings. The molecule has 0 fully saturated rings. The number of carbonyl (C=O) groups excluding carboxylic acids is 2. The summed E-state index contributed by atoms with van der Waals surface area (Å²) in [5.74, 6) is -1.65. The van der Waals surface area contributed by atoms with Crippen LogP contribution in [-0.4, -0.2) is 35.1 Å². The molecular formula is C10H19N3O4. The second kappa shape index (κ2) is 7.48. The lowest BCUT2D eigenvalue weighted by Gasteiger charge is -2.17. The van der Waals surface area contributed by atoms with Gasteiger partial charge < -0.3 is 21.5 Å². The average Bonchev–Trinajstić information content (AvgIpc) is 2.22. The van der Waals surface area contributed by atoms with Crippen molar-refractivity contribution >= 4 is 17.9 Å². The van der Waals surface area contributed by atoms with E-state index in [1.165, 1.54) is 6.92 Å². The summed E-state index contributed by atoms with van der Waals surface area (Å²) in [7, 11) is 0. The minimum atomic E-state index is -1.09. The molecular weight excluding hydrogens is 226 g/mol. The molecule has 98 valence electrons. The third kappa shape index (κ3) is 6.39. The Kier molecular flexibility index (Phi) is 6.69. The largest absolute Gasteiger partial charge is 0.480 e. The van der Waals surface area contributed by atoms with Crippen LogP contribution in [0.5, 0.6) is 0 Å². The molecule has 0 aliphatic rings. The molecule has 0 heterocycles. The summed E-state index contributed by atoms with van der Waals surface area (Å²) in [6, 6.07) is -2.61. The van der Waals surface area contributed by atoms with E-state index in [-0.39, 0.29) is 0 Å². The number of hydrogen-bond acceptors (Lipinski definition) is 3. The predicted octanol–water partition coefficient (Wildman–Crippen LogP) is -0.197. The molecule has 7 heteroatoms. The molecule has 0 radical (unpaired) electrons. The standard InChI is InChI=1S/C10H19N3O4/c1-3-4-5-7(9(15)16)13-8(14)6(2)12-10(11)17/h6-7H,3-5H2,1-2H3,(H,13,14)(H,15,16)(H3,11,12,17)/t6?,7-/m0/s1. The summed E-state index contributed by atoms with van der Waals surface area (Å²) in [4.78, 5) is 32.9. The summed E-state index contributed by atoms with van der Waals surface area (Å²) in [6.07, 6.45) is 1.91. The molecule has 5 N–H and O–H groups in total. The van der Waals surface area contributed by atoms with Gasteiger partial charge in [0.25, 0.3) is 0 Å². The van der Waals surface area contributed by atoms with Crippen molar-refractivity contribution in [1.82, 2.24) is 10.6 Å². The highest BCUT2D eigenvalue weighted by molar-refractivity contribution is 5.89. The van der Waals surface area contributed by atoms with E-state index in [2.05, 4.69) is 10.6 Å². The van der Waals surface area contributed by atoms with Gasteiger partial charge in [0.1, 0.15) is 12.1 Å². The summed E-state index contributed by atoms with van der Waals surface area (Å²) >= 11 is 0. The van der Waals surface area contributed by atoms with Gasteiger partial charge in [0.05, 0.1) is 0 Å². The summed E-state index contributed by atoms with van der Waals surface area (Å²) in [5.41, 5.74) is 4.86. The van der Waals surface area contributed by atoms with Crippen LogP contribution in [0.1, 0.15) is 33.1 Å². The fraction of sp³-hybridized carbons (Fsp3) is 0.700. The molecule has 0 aromatic carbocycles. The van der Waals surface area contributed by atoms with Gasteiger partial charge in [-0.15, -0.1) is 0 Å². The third-order valence-electron chi connectivity index (χ3n) is 2.21. The number of nitrogens with one attached hydrogen (secondary N) is 2. The summed E-state index contributed by atoms with van der Waals surface area (Å²) < 4.78 is 0. The second-order valence-electron chi connectivity index (χ2n) is 3.77. The lowest BCUT2D eigenvalue weighted by molar-refractivity contribution is -0.142. The van der Waals surface area contributed by atoms with E-state index in [9.17, 15) is 14.4 Å². The van der Waals surface area contributed by atoms with E-state index in [4.69, 9.17) is 10.8 Å². The van der Waals surface area contributed by atoms with Crippen molar-refractivity contribution < 1.29 is 19.5 Å². The lowest BCUT2D eigenvalue weighted by Crippen LogP contribution is -2.51. The topological polar surface area (TPSA) is 122 Å². The maximum absolute atomic E-state index is 11.5. The molecule has 0 aliphatic carbocycles. The Morgan fingerprint density at radius 2 is 1.88 bits per heavy atom. The van der Waals surface area contributed by atoms with Crippen molar-refractivity contribution in [2.75, 3.05) is 0 Å². The second-order valence-corrected chi connectivity index (χ2v) is 3.77. The Morgan fingerprint density at radius 1 is 1.29 bits per heavy atom. The van der Waals surface area contributed by atoms with Crippen LogP contribution in [0.15, 0.2) is 0 Å². The monoisotopic (exact) mass is 245 g/mol. The van der Waals surface area contributed by atoms with Crippen LogP contribution in [0.25, 0.3) is 0 Å². The van der Waals surface area contributed by atoms with E-state index in [1.807, 2.05) is 6.92 Å². The van der Waals surface area contributed by atoms with Gasteiger partial charge in [-0.05, 0) is 13.3 Å². The van der Waals surface area contributed by atoms with Crippen LogP contribution in [-0.2, 0) is 9.59 Å². The highest BCUT2D eigenvalue weighted by atomic mass is 16.4. The fourth-order valence-electron chi connectivity index (χ4n) is 1.24. The Morgan fingerprint density at radius 3 is 2.29 bits per heavy atom. The first kappa shape index (κ1) is 15.2. The number of rotatable bonds is 7. The number of primary amides is 1. The molecule has 7 nitrogen and oxygen atoms in total. The minimum Gasteiger partial charge on any atom is -0.480 e. The Labute approximate surface area is 99.7 Å². The Hall–Kier alpha value is -1.79. The molecule has 2 atom stereocenters. The summed E-state index contributed by atoms with van der Waals surface area (Å²) in [6.45, 7) is 3.36. The normalized spacial score (nSPS) is 13.5. The number of amides is 3. The maximum atomic E-state index is 11.5. The predicted molar refractivity (Wildman–Crippen MR) is 61.3 cm³/mol. The van der Waals surface area contributed by atoms with Gasteiger partial charge in [-0.3, -0.25) is 4.79 Å². The zero-order chi connectivity index (χ0) is 13.4. The number of carboxylic acids is 1. The highest BCUT2D eigenvalue weighted by Gasteiger charge is 2.22. The van der Waals surface area contributed by atoms with Crippen LogP contribution in [0.3, 0.4) is 0 Å². The number of aliphatic carboxylic acids is 1. The molecule has 1 unspecified atom stereocenters. The molecule has 0 saturated heterocycles. The van der Waals surface area contributed by atoms with Crippen molar-refractivity contribution in [3.8, 4) is 0 Å². The smallest absolute Gasteiger partial charge is 0.326 e. The molecule has 0 spiro atoms. The minimum absolute atomic E-state index is 0.362. The number of unbranched alkanes of at least 4 members (excludes halogenated alkanes) is 1. The van der Waals surface area contributed by atoms with Gasteiger partial charge in [-0.2, -0.15) is 0 Å². The van der Waals surface area contributed by atoms with Gasteiger partial charge in [0.2, 0.25) is 5.91 Å². The Bertz CT molecular complexity index is 293. The van der Waals surface area contributed by atoms with Crippen LogP contribution < -0.4 is 16.4 Å². The van der Waals surface area contributed by atoms with Crippen molar-refractivity contribution in [3.05, 3.63) is 0 Å². The number of urea groups is 1. The lowest BCUT2D eigenvalue weighted by atomic mass is 10.1. The molecule has 0 saturated carbocycles. The molecule has 0 rings (SSSR count). The third-order valence-corrected chi connectivity index (χ3v) is 2.21. The van der Waals surface area contributed by atoms with Gasteiger partial charge >= 0.3 is 12.0 Å². The number of hydrogen-bond donors (Lipinski definition) is 4. The first-order chi connectivity index (χ1) is 7.88. The first-order valence-electron chi connectivity index (χ1n) is 5.47. The molecule has 3 amide bonds. The van der Waals surface area contributed by atoms with Crippen LogP contribution in [0.2, 0.25) is 0 Å². The van der Waals surface area contributed by atoms with Crippen molar-refractivity contribution in [2.24, 2.45) is 5.73 Å². The van der Waals surface area contributed by atoms with Gasteiger partial charge in [0, 0.05) is 0 Å². The maximum Gasteiger partial charge on any atom is 0.326 e. The van der Waals surface area contributed by atoms with E-state index in [0.717, 1.165) is 6.42 Å². The van der Waals surface area contributed by atoms with Crippen LogP contribution in [0.4, 0.5) is 4.79 Å². The van der Waals surface area contributed by atoms with Crippen LogP contribution >= 0.6 is 0 Å². The first-order valence-corrected chi connectivity index (χ1v) is 5.47. The molecule has 17 heavy (non-hydrogen) atoms. The van der Waals surface area contributed by atoms with Crippen molar-refractivity contribution in [3.63, 3.8) is 0 Å². The SMILES string of the molecule is CCCC[C@H](NC(=O)C(C)NC(N)=O)C(=O)O. The summed E-state index contributed by atoms with van der Waals surface area (Å²) in [5, 5.41) is 13.4. The van der Waals surface area contributed by atoms with Crippen LogP contribution in [0, 0.1) is 0 Å². The van der Waals surface area contributed by atoms with Gasteiger partial charge in [-0.25, -0.2) is 9.59 Å². The average molecular weight is 245 g/mol. The number of nitrogens with two attached hydrogens (primary N) is 1. The fourth-order valence-corrected chi connectivity index (χ4v) is 1.24. The zero-order valence-corrected chi connectivity index (χ0v) is 10.0. The van der Waals surface area contributed by atoms with Crippen molar-refractivity contribution in [2.45, 2.75) is 45.2 Å². The number of carboxylic acid groups (broad SMARTS) is 1. The van der Waals surface area contributed by atoms with Gasteiger partial charge in [-0.1, -0.05) is 19.8 Å². The number of carbonyl (C=O) groups is 3.